The average Bonchev–Trinajstić information content (AvgIpc) is 2.65. The van der Waals surface area contributed by atoms with Gasteiger partial charge in [-0.05, 0) is 73.9 Å². The van der Waals surface area contributed by atoms with Crippen LogP contribution in [0.1, 0.15) is 43.5 Å². The van der Waals surface area contributed by atoms with Gasteiger partial charge in [0.15, 0.2) is 5.11 Å². The molecule has 0 bridgehead atoms. The molecule has 0 unspecified atom stereocenters. The molecule has 0 spiro atoms. The van der Waals surface area contributed by atoms with Crippen LogP contribution in [0, 0.1) is 13.8 Å². The molecule has 0 radical (unpaired) electrons. The van der Waals surface area contributed by atoms with E-state index in [2.05, 4.69) is 36.6 Å². The number of rotatable bonds is 7. The van der Waals surface area contributed by atoms with Crippen molar-refractivity contribution >= 4 is 33.0 Å². The van der Waals surface area contributed by atoms with E-state index < -0.39 is 10.0 Å². The van der Waals surface area contributed by atoms with E-state index in [-0.39, 0.29) is 6.04 Å². The van der Waals surface area contributed by atoms with Crippen LogP contribution in [-0.2, 0) is 10.0 Å². The van der Waals surface area contributed by atoms with Gasteiger partial charge in [0.1, 0.15) is 0 Å². The molecule has 0 amide bonds. The highest BCUT2D eigenvalue weighted by Gasteiger charge is 2.21. The minimum Gasteiger partial charge on any atom is -0.356 e. The Hall–Kier alpha value is -1.96. The predicted octanol–water partition coefficient (Wildman–Crippen LogP) is 4.38. The third kappa shape index (κ3) is 5.31. The minimum absolute atomic E-state index is 0.0586. The Bertz CT molecular complexity index is 921. The van der Waals surface area contributed by atoms with Gasteiger partial charge in [0.25, 0.3) is 0 Å². The SMILES string of the molecule is CCN(CC)S(=O)(=O)c1ccc([C@H](C)NC(=S)Nc2ccc(C)c(C)c2)cc1. The molecule has 2 N–H and O–H groups in total. The predicted molar refractivity (Wildman–Crippen MR) is 120 cm³/mol. The molecule has 7 heteroatoms. The van der Waals surface area contributed by atoms with Gasteiger partial charge in [0.2, 0.25) is 10.0 Å². The smallest absolute Gasteiger partial charge is 0.243 e. The average molecular weight is 420 g/mol. The normalized spacial score (nSPS) is 12.6. The second-order valence-corrected chi connectivity index (χ2v) is 9.12. The number of sulfonamides is 1. The molecule has 152 valence electrons. The summed E-state index contributed by atoms with van der Waals surface area (Å²) in [6.45, 7) is 10.7. The summed E-state index contributed by atoms with van der Waals surface area (Å²) in [5, 5.41) is 6.96. The molecule has 0 saturated carbocycles. The zero-order valence-electron chi connectivity index (χ0n) is 17.1. The number of hydrogen-bond donors (Lipinski definition) is 2. The lowest BCUT2D eigenvalue weighted by molar-refractivity contribution is 0.445. The third-order valence-electron chi connectivity index (χ3n) is 4.84. The maximum atomic E-state index is 12.6. The molecule has 0 fully saturated rings. The van der Waals surface area contributed by atoms with Crippen LogP contribution in [0.3, 0.4) is 0 Å². The molecule has 2 rings (SSSR count). The van der Waals surface area contributed by atoms with Crippen LogP contribution >= 0.6 is 12.2 Å². The molecule has 0 aliphatic carbocycles. The molecule has 28 heavy (non-hydrogen) atoms. The zero-order valence-corrected chi connectivity index (χ0v) is 18.7. The van der Waals surface area contributed by atoms with Gasteiger partial charge in [-0.25, -0.2) is 8.42 Å². The lowest BCUT2D eigenvalue weighted by Gasteiger charge is -2.20. The van der Waals surface area contributed by atoms with E-state index in [0.29, 0.717) is 23.1 Å². The van der Waals surface area contributed by atoms with Crippen molar-refractivity contribution in [3.05, 3.63) is 59.2 Å². The molecule has 0 aliphatic heterocycles. The quantitative estimate of drug-likeness (QED) is 0.652. The van der Waals surface area contributed by atoms with E-state index in [1.165, 1.54) is 15.4 Å². The second kappa shape index (κ2) is 9.49. The first-order valence-electron chi connectivity index (χ1n) is 9.43. The van der Waals surface area contributed by atoms with Crippen molar-refractivity contribution in [2.45, 2.75) is 45.6 Å². The Kier molecular flexibility index (Phi) is 7.57. The van der Waals surface area contributed by atoms with Gasteiger partial charge < -0.3 is 10.6 Å². The molecule has 1 atom stereocenters. The van der Waals surface area contributed by atoms with E-state index in [4.69, 9.17) is 12.2 Å². The van der Waals surface area contributed by atoms with Crippen LogP contribution in [0.15, 0.2) is 47.4 Å². The molecule has 0 heterocycles. The lowest BCUT2D eigenvalue weighted by atomic mass is 10.1. The first-order valence-corrected chi connectivity index (χ1v) is 11.3. The van der Waals surface area contributed by atoms with Crippen molar-refractivity contribution in [3.63, 3.8) is 0 Å². The number of aryl methyl sites for hydroxylation is 2. The van der Waals surface area contributed by atoms with Gasteiger partial charge in [0.05, 0.1) is 10.9 Å². The Morgan fingerprint density at radius 3 is 2.18 bits per heavy atom. The van der Waals surface area contributed by atoms with E-state index in [1.807, 2.05) is 39.0 Å². The highest BCUT2D eigenvalue weighted by Crippen LogP contribution is 2.20. The molecule has 0 saturated heterocycles. The van der Waals surface area contributed by atoms with Crippen LogP contribution < -0.4 is 10.6 Å². The number of hydrogen-bond acceptors (Lipinski definition) is 3. The highest BCUT2D eigenvalue weighted by atomic mass is 32.2. The first kappa shape index (κ1) is 22.3. The summed E-state index contributed by atoms with van der Waals surface area (Å²) in [4.78, 5) is 0.308. The Labute approximate surface area is 174 Å². The summed E-state index contributed by atoms with van der Waals surface area (Å²) in [6, 6.07) is 13.0. The van der Waals surface area contributed by atoms with Crippen molar-refractivity contribution < 1.29 is 8.42 Å². The second-order valence-electron chi connectivity index (χ2n) is 6.78. The summed E-state index contributed by atoms with van der Waals surface area (Å²) < 4.78 is 26.6. The summed E-state index contributed by atoms with van der Waals surface area (Å²) >= 11 is 5.41. The molecular weight excluding hydrogens is 390 g/mol. The molecular formula is C21H29N3O2S2. The van der Waals surface area contributed by atoms with Crippen LogP contribution in [0.2, 0.25) is 0 Å². The Morgan fingerprint density at radius 2 is 1.64 bits per heavy atom. The Morgan fingerprint density at radius 1 is 1.04 bits per heavy atom. The summed E-state index contributed by atoms with van der Waals surface area (Å²) in [5.41, 5.74) is 4.33. The van der Waals surface area contributed by atoms with E-state index >= 15 is 0 Å². The maximum absolute atomic E-state index is 12.6. The monoisotopic (exact) mass is 419 g/mol. The molecule has 2 aromatic carbocycles. The van der Waals surface area contributed by atoms with Gasteiger partial charge in [-0.1, -0.05) is 32.0 Å². The van der Waals surface area contributed by atoms with Crippen molar-refractivity contribution in [2.75, 3.05) is 18.4 Å². The van der Waals surface area contributed by atoms with Crippen LogP contribution in [0.25, 0.3) is 0 Å². The first-order chi connectivity index (χ1) is 13.2. The van der Waals surface area contributed by atoms with Gasteiger partial charge in [-0.2, -0.15) is 4.31 Å². The minimum atomic E-state index is -3.44. The van der Waals surface area contributed by atoms with Crippen molar-refractivity contribution in [1.29, 1.82) is 0 Å². The summed E-state index contributed by atoms with van der Waals surface area (Å²) in [6.07, 6.45) is 0. The largest absolute Gasteiger partial charge is 0.356 e. The molecule has 0 aliphatic rings. The van der Waals surface area contributed by atoms with Crippen LogP contribution in [-0.4, -0.2) is 30.9 Å². The Balaban J connectivity index is 2.05. The maximum Gasteiger partial charge on any atom is 0.243 e. The van der Waals surface area contributed by atoms with Crippen molar-refractivity contribution in [3.8, 4) is 0 Å². The molecule has 0 aromatic heterocycles. The van der Waals surface area contributed by atoms with Crippen LogP contribution in [0.5, 0.6) is 0 Å². The summed E-state index contributed by atoms with van der Waals surface area (Å²) in [7, 11) is -3.44. The molecule has 5 nitrogen and oxygen atoms in total. The van der Waals surface area contributed by atoms with Crippen molar-refractivity contribution in [1.82, 2.24) is 9.62 Å². The number of benzene rings is 2. The van der Waals surface area contributed by atoms with Crippen LogP contribution in [0.4, 0.5) is 5.69 Å². The van der Waals surface area contributed by atoms with Gasteiger partial charge >= 0.3 is 0 Å². The number of anilines is 1. The van der Waals surface area contributed by atoms with E-state index in [0.717, 1.165) is 11.3 Å². The number of nitrogens with one attached hydrogen (secondary N) is 2. The standard InChI is InChI=1S/C21H29N3O2S2/c1-6-24(7-2)28(25,26)20-12-9-18(10-13-20)17(5)22-21(27)23-19-11-8-15(3)16(4)14-19/h8-14,17H,6-7H2,1-5H3,(H2,22,23,27)/t17-/m0/s1. The zero-order chi connectivity index (χ0) is 20.9. The van der Waals surface area contributed by atoms with Gasteiger partial charge in [-0.15, -0.1) is 0 Å². The van der Waals surface area contributed by atoms with E-state index in [1.54, 1.807) is 12.1 Å². The topological polar surface area (TPSA) is 61.4 Å². The fourth-order valence-electron chi connectivity index (χ4n) is 2.91. The van der Waals surface area contributed by atoms with Gasteiger partial charge in [0, 0.05) is 18.8 Å². The summed E-state index contributed by atoms with van der Waals surface area (Å²) in [5.74, 6) is 0. The highest BCUT2D eigenvalue weighted by molar-refractivity contribution is 7.89. The third-order valence-corrected chi connectivity index (χ3v) is 7.12. The fraction of sp³-hybridized carbons (Fsp3) is 0.381. The molecule has 2 aromatic rings. The van der Waals surface area contributed by atoms with E-state index in [9.17, 15) is 8.42 Å². The number of nitrogens with zero attached hydrogens (tertiary/aromatic N) is 1. The number of thiocarbonyl (C=S) groups is 1. The van der Waals surface area contributed by atoms with Crippen molar-refractivity contribution in [2.24, 2.45) is 0 Å². The fourth-order valence-corrected chi connectivity index (χ4v) is 4.66. The lowest BCUT2D eigenvalue weighted by Crippen LogP contribution is -2.31. The van der Waals surface area contributed by atoms with Gasteiger partial charge in [-0.3, -0.25) is 0 Å².